The molecular weight excluding hydrogens is 761 g/mol. The fraction of sp³-hybridized carbons (Fsp3) is 0.700. The van der Waals surface area contributed by atoms with Gasteiger partial charge in [-0.1, -0.05) is 65.8 Å². The summed E-state index contributed by atoms with van der Waals surface area (Å²) in [6.07, 6.45) is 9.38. The molecule has 15 heteroatoms. The molecule has 2 unspecified atom stereocenters. The highest BCUT2D eigenvalue weighted by Crippen LogP contribution is 2.18. The number of aryl methyl sites for hydroxylation is 2. The Bertz CT molecular complexity index is 1540. The van der Waals surface area contributed by atoms with Crippen molar-refractivity contribution in [2.75, 3.05) is 74.3 Å². The molecule has 0 aliphatic carbocycles. The van der Waals surface area contributed by atoms with E-state index in [1.54, 1.807) is 13.8 Å². The van der Waals surface area contributed by atoms with Crippen molar-refractivity contribution in [3.8, 4) is 0 Å². The van der Waals surface area contributed by atoms with Gasteiger partial charge in [-0.05, 0) is 101 Å². The molecule has 0 bridgehead atoms. The van der Waals surface area contributed by atoms with Gasteiger partial charge in [0.1, 0.15) is 0 Å². The van der Waals surface area contributed by atoms with Crippen molar-refractivity contribution in [3.63, 3.8) is 0 Å². The highest BCUT2D eigenvalue weighted by Gasteiger charge is 2.22. The van der Waals surface area contributed by atoms with Crippen molar-refractivity contribution in [2.24, 2.45) is 11.8 Å². The maximum atomic E-state index is 11.6. The van der Waals surface area contributed by atoms with Crippen molar-refractivity contribution in [3.05, 3.63) is 59.7 Å². The summed E-state index contributed by atoms with van der Waals surface area (Å²) in [5.41, 5.74) is 3.84. The first-order chi connectivity index (χ1) is 25.4. The minimum Gasteiger partial charge on any atom is -0.759 e. The Kier molecular flexibility index (Phi) is 24.8. The lowest BCUT2D eigenvalue weighted by Gasteiger charge is -2.36. The average molecular weight is 835 g/mol. The van der Waals surface area contributed by atoms with E-state index < -0.39 is 30.4 Å². The van der Waals surface area contributed by atoms with Gasteiger partial charge >= 0.3 is 0 Å². The van der Waals surface area contributed by atoms with Crippen LogP contribution in [0.25, 0.3) is 0 Å². The van der Waals surface area contributed by atoms with Gasteiger partial charge < -0.3 is 18.1 Å². The fourth-order valence-corrected chi connectivity index (χ4v) is 8.34. The lowest BCUT2D eigenvalue weighted by Crippen LogP contribution is -2.47. The van der Waals surface area contributed by atoms with E-state index in [-0.39, 0.29) is 11.5 Å². The zero-order valence-electron chi connectivity index (χ0n) is 35.5. The second kappa shape index (κ2) is 25.9. The van der Waals surface area contributed by atoms with E-state index in [1.165, 1.54) is 97.9 Å². The van der Waals surface area contributed by atoms with Gasteiger partial charge in [0.05, 0.1) is 64.9 Å². The predicted octanol–water partition coefficient (Wildman–Crippen LogP) is 7.23. The first kappa shape index (κ1) is 52.7. The number of hydrogen-bond donors (Lipinski definition) is 2. The van der Waals surface area contributed by atoms with Gasteiger partial charge in [0.25, 0.3) is 0 Å². The quantitative estimate of drug-likeness (QED) is 0.0483. The fourth-order valence-electron chi connectivity index (χ4n) is 7.06. The molecule has 0 spiro atoms. The molecule has 2 N–H and O–H groups in total. The highest BCUT2D eigenvalue weighted by atomic mass is 32.3. The van der Waals surface area contributed by atoms with Crippen LogP contribution in [-0.2, 0) is 43.3 Å². The van der Waals surface area contributed by atoms with Gasteiger partial charge in [0, 0.05) is 33.6 Å². The lowest BCUT2D eigenvalue weighted by atomic mass is 10.1. The van der Waals surface area contributed by atoms with Crippen LogP contribution in [0.4, 0.5) is 11.4 Å². The van der Waals surface area contributed by atoms with Gasteiger partial charge in [0.15, 0.2) is 0 Å². The maximum Gasteiger partial charge on any atom is 0.232 e. The van der Waals surface area contributed by atoms with Crippen LogP contribution < -0.4 is 9.44 Å². The number of hydrogen-bond acceptors (Lipinski definition) is 8. The second-order valence-corrected chi connectivity index (χ2v) is 20.9. The Labute approximate surface area is 336 Å². The molecular formula is C40H74N4O8S3. The number of rotatable bonds is 24. The minimum atomic E-state index is -5.17. The van der Waals surface area contributed by atoms with Gasteiger partial charge in [-0.25, -0.2) is 16.8 Å². The van der Waals surface area contributed by atoms with Crippen LogP contribution >= 0.6 is 0 Å². The van der Waals surface area contributed by atoms with Crippen molar-refractivity contribution >= 4 is 41.8 Å². The van der Waals surface area contributed by atoms with Crippen LogP contribution in [-0.4, -0.2) is 108 Å². The van der Waals surface area contributed by atoms with Gasteiger partial charge in [-0.2, -0.15) is 0 Å². The number of unbranched alkanes of at least 4 members (excludes halogenated alkanes) is 2. The molecule has 0 saturated carbocycles. The topological polar surface area (TPSA) is 173 Å². The first-order valence-electron chi connectivity index (χ1n) is 19.9. The van der Waals surface area contributed by atoms with Crippen LogP contribution in [0.15, 0.2) is 48.5 Å². The van der Waals surface area contributed by atoms with Crippen LogP contribution in [0.1, 0.15) is 105 Å². The summed E-state index contributed by atoms with van der Waals surface area (Å²) in [5.74, 6) is 1.66. The summed E-state index contributed by atoms with van der Waals surface area (Å²) in [5, 5.41) is 0. The smallest absolute Gasteiger partial charge is 0.232 e. The van der Waals surface area contributed by atoms with Gasteiger partial charge in [0.2, 0.25) is 20.0 Å². The molecule has 2 aromatic rings. The van der Waals surface area contributed by atoms with Gasteiger partial charge in [-0.3, -0.25) is 17.9 Å². The Balaban J connectivity index is 0.000000943. The Morgan fingerprint density at radius 2 is 0.818 bits per heavy atom. The molecule has 0 radical (unpaired) electrons. The second-order valence-electron chi connectivity index (χ2n) is 16.0. The molecule has 320 valence electrons. The van der Waals surface area contributed by atoms with E-state index in [1.807, 2.05) is 48.5 Å². The lowest BCUT2D eigenvalue weighted by molar-refractivity contribution is -0.912. The largest absolute Gasteiger partial charge is 0.759 e. The third-order valence-corrected chi connectivity index (χ3v) is 11.8. The van der Waals surface area contributed by atoms with E-state index in [0.29, 0.717) is 11.4 Å². The molecule has 2 rings (SSSR count). The maximum absolute atomic E-state index is 11.6. The molecule has 0 aliphatic heterocycles. The molecule has 0 heterocycles. The number of nitrogens with one attached hydrogen (secondary N) is 2. The van der Waals surface area contributed by atoms with Crippen LogP contribution in [0.2, 0.25) is 0 Å². The highest BCUT2D eigenvalue weighted by molar-refractivity contribution is 7.92. The third-order valence-electron chi connectivity index (χ3n) is 9.18. The minimum absolute atomic E-state index is 0.0971. The summed E-state index contributed by atoms with van der Waals surface area (Å²) in [4.78, 5) is 0. The molecule has 0 aromatic heterocycles. The Hall–Kier alpha value is -2.27. The monoisotopic (exact) mass is 834 g/mol. The molecule has 0 amide bonds. The Morgan fingerprint density at radius 1 is 0.527 bits per heavy atom. The number of quaternary nitrogens is 2. The molecule has 55 heavy (non-hydrogen) atoms. The molecule has 12 nitrogen and oxygen atoms in total. The molecule has 0 saturated heterocycles. The van der Waals surface area contributed by atoms with E-state index in [4.69, 9.17) is 17.5 Å². The summed E-state index contributed by atoms with van der Waals surface area (Å²) in [6, 6.07) is 15.6. The number of sulfonamides is 2. The van der Waals surface area contributed by atoms with Crippen molar-refractivity contribution in [1.82, 2.24) is 0 Å². The number of nitrogens with zero attached hydrogens (tertiary/aromatic N) is 2. The zero-order valence-corrected chi connectivity index (χ0v) is 37.9. The summed E-state index contributed by atoms with van der Waals surface area (Å²) in [6.45, 7) is 24.5. The summed E-state index contributed by atoms with van der Waals surface area (Å²) < 4.78 is 87.9. The van der Waals surface area contributed by atoms with Gasteiger partial charge in [-0.15, -0.1) is 0 Å². The average Bonchev–Trinajstić information content (AvgIpc) is 3.05. The zero-order chi connectivity index (χ0) is 42.3. The van der Waals surface area contributed by atoms with Crippen molar-refractivity contribution < 1.29 is 43.3 Å². The molecule has 0 fully saturated rings. The van der Waals surface area contributed by atoms with Crippen LogP contribution in [0, 0.1) is 11.8 Å². The van der Waals surface area contributed by atoms with E-state index in [9.17, 15) is 16.8 Å². The van der Waals surface area contributed by atoms with Crippen LogP contribution in [0.5, 0.6) is 0 Å². The normalized spacial score (nSPS) is 14.2. The van der Waals surface area contributed by atoms with E-state index in [0.717, 1.165) is 24.7 Å². The SMILES string of the molecule is CCC[N+](C)(CCCCc1ccc(NS(=O)(=O)CC)cc1)CC(C)C.CCC[N+](C)(CCCCc1ccc(NS(=O)(=O)CC)cc1)CC(C)C.O=S(=O)([O-])[O-]. The van der Waals surface area contributed by atoms with E-state index >= 15 is 0 Å². The number of benzene rings is 2. The third kappa shape index (κ3) is 27.9. The van der Waals surface area contributed by atoms with Crippen molar-refractivity contribution in [1.29, 1.82) is 0 Å². The van der Waals surface area contributed by atoms with E-state index in [2.05, 4.69) is 65.1 Å². The Morgan fingerprint density at radius 3 is 1.05 bits per heavy atom. The first-order valence-corrected chi connectivity index (χ1v) is 24.6. The molecule has 2 aromatic carbocycles. The summed E-state index contributed by atoms with van der Waals surface area (Å²) in [7, 11) is -6.77. The standard InChI is InChI=1S/2C20H37N2O2S.H2O4S/c2*1-6-15-22(5,17-18(3)4)16-9-8-10-19-11-13-20(14-12-19)21-25(23,24)7-2;1-5(2,3)4/h2*11-14,18,21H,6-10,15-17H2,1-5H3;(H2,1,2,3,4)/q2*+1;/p-2. The molecule has 0 aliphatic rings. The number of anilines is 2. The summed E-state index contributed by atoms with van der Waals surface area (Å²) >= 11 is 0. The molecule has 2 atom stereocenters. The predicted molar refractivity (Wildman–Crippen MR) is 227 cm³/mol. The van der Waals surface area contributed by atoms with Crippen molar-refractivity contribution in [2.45, 2.75) is 107 Å². The van der Waals surface area contributed by atoms with Crippen LogP contribution in [0.3, 0.4) is 0 Å².